The van der Waals surface area contributed by atoms with Crippen LogP contribution in [0.4, 0.5) is 5.69 Å². The largest absolute Gasteiger partial charge is 0.383 e. The minimum atomic E-state index is 0.547. The number of anilines is 1. The number of benzene rings is 1. The molecular formula is C15H19N3. The van der Waals surface area contributed by atoms with Crippen molar-refractivity contribution in [2.75, 3.05) is 5.32 Å². The van der Waals surface area contributed by atoms with Crippen LogP contribution in [0.5, 0.6) is 0 Å². The molecule has 0 aliphatic heterocycles. The van der Waals surface area contributed by atoms with Crippen molar-refractivity contribution in [1.29, 1.82) is 0 Å². The summed E-state index contributed by atoms with van der Waals surface area (Å²) in [6.45, 7) is 2.26. The predicted octanol–water partition coefficient (Wildman–Crippen LogP) is 3.47. The van der Waals surface area contributed by atoms with E-state index < -0.39 is 0 Å². The Morgan fingerprint density at radius 1 is 1.39 bits per heavy atom. The van der Waals surface area contributed by atoms with Gasteiger partial charge in [0.2, 0.25) is 0 Å². The lowest BCUT2D eigenvalue weighted by Gasteiger charge is -2.15. The molecule has 0 amide bonds. The van der Waals surface area contributed by atoms with Gasteiger partial charge in [0.05, 0.1) is 5.69 Å². The Bertz CT molecular complexity index is 500. The molecule has 3 rings (SSSR count). The van der Waals surface area contributed by atoms with Crippen molar-refractivity contribution in [2.24, 2.45) is 5.92 Å². The van der Waals surface area contributed by atoms with Gasteiger partial charge in [0.15, 0.2) is 0 Å². The minimum absolute atomic E-state index is 0.547. The average molecular weight is 241 g/mol. The first-order valence-corrected chi connectivity index (χ1v) is 6.68. The molecule has 0 radical (unpaired) electrons. The number of hydrogen-bond donors (Lipinski definition) is 1. The van der Waals surface area contributed by atoms with Gasteiger partial charge in [0.1, 0.15) is 0 Å². The van der Waals surface area contributed by atoms with Gasteiger partial charge in [0.25, 0.3) is 0 Å². The SMILES string of the molecule is CC(CC1CC1)Nc1cccc(-n2cccn2)c1. The summed E-state index contributed by atoms with van der Waals surface area (Å²) in [6.07, 6.45) is 7.88. The summed E-state index contributed by atoms with van der Waals surface area (Å²) < 4.78 is 1.89. The first kappa shape index (κ1) is 11.3. The van der Waals surface area contributed by atoms with E-state index >= 15 is 0 Å². The van der Waals surface area contributed by atoms with Crippen LogP contribution in [0.2, 0.25) is 0 Å². The standard InChI is InChI=1S/C15H19N3/c1-12(10-13-6-7-13)17-14-4-2-5-15(11-14)18-9-3-8-16-18/h2-5,8-9,11-13,17H,6-7,10H2,1H3. The van der Waals surface area contributed by atoms with Gasteiger partial charge < -0.3 is 5.32 Å². The molecule has 1 saturated carbocycles. The van der Waals surface area contributed by atoms with Crippen LogP contribution in [0.3, 0.4) is 0 Å². The molecule has 1 heterocycles. The highest BCUT2D eigenvalue weighted by atomic mass is 15.3. The van der Waals surface area contributed by atoms with Crippen molar-refractivity contribution in [1.82, 2.24) is 9.78 Å². The van der Waals surface area contributed by atoms with Crippen LogP contribution in [0, 0.1) is 5.92 Å². The van der Waals surface area contributed by atoms with Gasteiger partial charge in [-0.25, -0.2) is 4.68 Å². The van der Waals surface area contributed by atoms with E-state index in [0.717, 1.165) is 11.6 Å². The van der Waals surface area contributed by atoms with E-state index in [1.165, 1.54) is 24.9 Å². The molecule has 1 aliphatic rings. The molecule has 1 aromatic carbocycles. The van der Waals surface area contributed by atoms with Gasteiger partial charge in [-0.05, 0) is 43.5 Å². The zero-order valence-electron chi connectivity index (χ0n) is 10.7. The number of nitrogens with one attached hydrogen (secondary N) is 1. The maximum atomic E-state index is 4.25. The Morgan fingerprint density at radius 2 is 2.28 bits per heavy atom. The van der Waals surface area contributed by atoms with E-state index in [1.807, 2.05) is 16.9 Å². The van der Waals surface area contributed by atoms with Gasteiger partial charge in [-0.1, -0.05) is 18.9 Å². The van der Waals surface area contributed by atoms with E-state index in [1.54, 1.807) is 6.20 Å². The summed E-state index contributed by atoms with van der Waals surface area (Å²) in [5.74, 6) is 0.960. The Morgan fingerprint density at radius 3 is 3.00 bits per heavy atom. The summed E-state index contributed by atoms with van der Waals surface area (Å²) in [7, 11) is 0. The first-order valence-electron chi connectivity index (χ1n) is 6.68. The Balaban J connectivity index is 1.70. The van der Waals surface area contributed by atoms with Crippen molar-refractivity contribution >= 4 is 5.69 Å². The zero-order chi connectivity index (χ0) is 12.4. The van der Waals surface area contributed by atoms with Crippen molar-refractivity contribution in [3.63, 3.8) is 0 Å². The molecule has 1 N–H and O–H groups in total. The molecule has 0 bridgehead atoms. The van der Waals surface area contributed by atoms with Gasteiger partial charge >= 0.3 is 0 Å². The Kier molecular flexibility index (Phi) is 3.05. The summed E-state index contributed by atoms with van der Waals surface area (Å²) in [4.78, 5) is 0. The molecule has 1 unspecified atom stereocenters. The van der Waals surface area contributed by atoms with Crippen LogP contribution in [0.25, 0.3) is 5.69 Å². The Labute approximate surface area is 108 Å². The molecule has 3 nitrogen and oxygen atoms in total. The van der Waals surface area contributed by atoms with Crippen molar-refractivity contribution in [3.8, 4) is 5.69 Å². The van der Waals surface area contributed by atoms with Crippen molar-refractivity contribution < 1.29 is 0 Å². The predicted molar refractivity (Wildman–Crippen MR) is 74.0 cm³/mol. The third kappa shape index (κ3) is 2.73. The molecule has 18 heavy (non-hydrogen) atoms. The van der Waals surface area contributed by atoms with Gasteiger partial charge in [-0.3, -0.25) is 0 Å². The normalized spacial score (nSPS) is 16.5. The van der Waals surface area contributed by atoms with Crippen LogP contribution < -0.4 is 5.32 Å². The number of rotatable bonds is 5. The van der Waals surface area contributed by atoms with E-state index in [-0.39, 0.29) is 0 Å². The highest BCUT2D eigenvalue weighted by Crippen LogP contribution is 2.34. The monoisotopic (exact) mass is 241 g/mol. The number of nitrogens with zero attached hydrogens (tertiary/aromatic N) is 2. The second kappa shape index (κ2) is 4.84. The zero-order valence-corrected chi connectivity index (χ0v) is 10.7. The van der Waals surface area contributed by atoms with Crippen LogP contribution in [-0.2, 0) is 0 Å². The van der Waals surface area contributed by atoms with E-state index in [4.69, 9.17) is 0 Å². The second-order valence-corrected chi connectivity index (χ2v) is 5.23. The molecule has 1 fully saturated rings. The fraction of sp³-hybridized carbons (Fsp3) is 0.400. The fourth-order valence-corrected chi connectivity index (χ4v) is 2.36. The smallest absolute Gasteiger partial charge is 0.0666 e. The van der Waals surface area contributed by atoms with Crippen LogP contribution >= 0.6 is 0 Å². The number of hydrogen-bond acceptors (Lipinski definition) is 2. The summed E-state index contributed by atoms with van der Waals surface area (Å²) >= 11 is 0. The topological polar surface area (TPSA) is 29.9 Å². The molecule has 3 heteroatoms. The molecule has 1 aromatic heterocycles. The lowest BCUT2D eigenvalue weighted by atomic mass is 10.1. The quantitative estimate of drug-likeness (QED) is 0.868. The summed E-state index contributed by atoms with van der Waals surface area (Å²) in [6, 6.07) is 10.9. The molecule has 1 atom stereocenters. The minimum Gasteiger partial charge on any atom is -0.383 e. The average Bonchev–Trinajstić information content (AvgIpc) is 3.00. The summed E-state index contributed by atoms with van der Waals surface area (Å²) in [5.41, 5.74) is 2.28. The van der Waals surface area contributed by atoms with Crippen molar-refractivity contribution in [3.05, 3.63) is 42.7 Å². The molecular weight excluding hydrogens is 222 g/mol. The third-order valence-electron chi connectivity index (χ3n) is 3.41. The molecule has 2 aromatic rings. The van der Waals surface area contributed by atoms with Crippen molar-refractivity contribution in [2.45, 2.75) is 32.2 Å². The maximum absolute atomic E-state index is 4.25. The van der Waals surface area contributed by atoms with Gasteiger partial charge in [0, 0.05) is 24.1 Å². The molecule has 1 aliphatic carbocycles. The first-order chi connectivity index (χ1) is 8.81. The molecule has 94 valence electrons. The maximum Gasteiger partial charge on any atom is 0.0666 e. The van der Waals surface area contributed by atoms with Gasteiger partial charge in [-0.2, -0.15) is 5.10 Å². The van der Waals surface area contributed by atoms with E-state index in [9.17, 15) is 0 Å². The third-order valence-corrected chi connectivity index (χ3v) is 3.41. The number of aromatic nitrogens is 2. The van der Waals surface area contributed by atoms with E-state index in [0.29, 0.717) is 6.04 Å². The van der Waals surface area contributed by atoms with Gasteiger partial charge in [-0.15, -0.1) is 0 Å². The summed E-state index contributed by atoms with van der Waals surface area (Å²) in [5, 5.41) is 7.83. The highest BCUT2D eigenvalue weighted by molar-refractivity contribution is 5.51. The Hall–Kier alpha value is -1.77. The molecule has 0 spiro atoms. The second-order valence-electron chi connectivity index (χ2n) is 5.23. The highest BCUT2D eigenvalue weighted by Gasteiger charge is 2.23. The van der Waals surface area contributed by atoms with Crippen LogP contribution in [0.1, 0.15) is 26.2 Å². The molecule has 0 saturated heterocycles. The fourth-order valence-electron chi connectivity index (χ4n) is 2.36. The lowest BCUT2D eigenvalue weighted by Crippen LogP contribution is -2.15. The lowest BCUT2D eigenvalue weighted by molar-refractivity contribution is 0.642. The van der Waals surface area contributed by atoms with Crippen LogP contribution in [0.15, 0.2) is 42.7 Å². The van der Waals surface area contributed by atoms with Crippen LogP contribution in [-0.4, -0.2) is 15.8 Å². The van der Waals surface area contributed by atoms with E-state index in [2.05, 4.69) is 41.6 Å².